The Balaban J connectivity index is 0.000000292. The van der Waals surface area contributed by atoms with Crippen LogP contribution in [0.5, 0.6) is 0 Å². The summed E-state index contributed by atoms with van der Waals surface area (Å²) >= 11 is 0. The summed E-state index contributed by atoms with van der Waals surface area (Å²) in [5.41, 5.74) is 0.752. The molecule has 0 N–H and O–H groups in total. The first-order valence-electron chi connectivity index (χ1n) is 7.05. The summed E-state index contributed by atoms with van der Waals surface area (Å²) in [5.74, 6) is 0. The minimum Gasteiger partial charge on any atom is -0.376 e. The van der Waals surface area contributed by atoms with Gasteiger partial charge >= 0.3 is 0 Å². The van der Waals surface area contributed by atoms with E-state index in [1.165, 1.54) is 58.0 Å². The third kappa shape index (κ3) is 1.70. The molecule has 0 unspecified atom stereocenters. The Hall–Kier alpha value is -0.0800. The van der Waals surface area contributed by atoms with Crippen molar-refractivity contribution in [2.75, 3.05) is 20.2 Å². The molecule has 0 aromatic heterocycles. The van der Waals surface area contributed by atoms with Gasteiger partial charge in [-0.05, 0) is 51.6 Å². The number of hydrogen-bond donors (Lipinski definition) is 0. The van der Waals surface area contributed by atoms with E-state index in [9.17, 15) is 0 Å². The Kier molecular flexibility index (Phi) is 3.60. The van der Waals surface area contributed by atoms with Gasteiger partial charge in [0, 0.05) is 12.6 Å². The maximum atomic E-state index is 5.80. The second-order valence-electron chi connectivity index (χ2n) is 5.63. The van der Waals surface area contributed by atoms with Crippen LogP contribution in [0.25, 0.3) is 0 Å². The summed E-state index contributed by atoms with van der Waals surface area (Å²) < 4.78 is 5.80. The third-order valence-corrected chi connectivity index (χ3v) is 4.59. The van der Waals surface area contributed by atoms with Gasteiger partial charge in [0.25, 0.3) is 0 Å². The lowest BCUT2D eigenvalue weighted by atomic mass is 9.85. The van der Waals surface area contributed by atoms with Gasteiger partial charge in [-0.15, -0.1) is 0 Å². The first-order chi connectivity index (χ1) is 7.74. The molecule has 1 aliphatic carbocycles. The van der Waals surface area contributed by atoms with Crippen LogP contribution in [-0.4, -0.2) is 36.2 Å². The average molecular weight is 225 g/mol. The highest BCUT2D eigenvalue weighted by molar-refractivity contribution is 5.20. The Bertz CT molecular complexity index is 225. The largest absolute Gasteiger partial charge is 0.376 e. The maximum Gasteiger partial charge on any atom is 0.0863 e. The highest BCUT2D eigenvalue weighted by Gasteiger charge is 2.64. The van der Waals surface area contributed by atoms with Gasteiger partial charge in [-0.3, -0.25) is 4.90 Å². The van der Waals surface area contributed by atoms with Crippen molar-refractivity contribution in [2.24, 2.45) is 0 Å². The molecule has 0 aromatic rings. The van der Waals surface area contributed by atoms with Gasteiger partial charge in [0.15, 0.2) is 0 Å². The average Bonchev–Trinajstić information content (AvgIpc) is 2.80. The summed E-state index contributed by atoms with van der Waals surface area (Å²) in [6.07, 6.45) is 9.43. The SMILES string of the molecule is CCC.COC1(C23CCCN2CCC3)CC1. The molecule has 16 heavy (non-hydrogen) atoms. The number of ether oxygens (including phenoxy) is 1. The van der Waals surface area contributed by atoms with Gasteiger partial charge in [0.1, 0.15) is 0 Å². The minimum atomic E-state index is 0.278. The third-order valence-electron chi connectivity index (χ3n) is 4.59. The van der Waals surface area contributed by atoms with Crippen LogP contribution < -0.4 is 0 Å². The second kappa shape index (κ2) is 4.66. The molecule has 3 aliphatic rings. The fourth-order valence-corrected chi connectivity index (χ4v) is 3.82. The van der Waals surface area contributed by atoms with Crippen molar-refractivity contribution in [1.82, 2.24) is 4.90 Å². The molecule has 0 amide bonds. The van der Waals surface area contributed by atoms with E-state index in [4.69, 9.17) is 4.74 Å². The van der Waals surface area contributed by atoms with E-state index in [1.54, 1.807) is 0 Å². The van der Waals surface area contributed by atoms with E-state index in [0.29, 0.717) is 5.54 Å². The van der Waals surface area contributed by atoms with Crippen molar-refractivity contribution in [3.05, 3.63) is 0 Å². The molecule has 2 aliphatic heterocycles. The van der Waals surface area contributed by atoms with E-state index in [2.05, 4.69) is 18.7 Å². The predicted molar refractivity (Wildman–Crippen MR) is 67.7 cm³/mol. The molecule has 0 bridgehead atoms. The summed E-state index contributed by atoms with van der Waals surface area (Å²) in [5, 5.41) is 0. The molecular formula is C14H27NO. The lowest BCUT2D eigenvalue weighted by Crippen LogP contribution is -2.51. The lowest BCUT2D eigenvalue weighted by Gasteiger charge is -2.39. The Labute approximate surface area is 100 Å². The molecule has 0 radical (unpaired) electrons. The highest BCUT2D eigenvalue weighted by Crippen LogP contribution is 2.58. The molecule has 3 rings (SSSR count). The van der Waals surface area contributed by atoms with E-state index in [0.717, 1.165) is 0 Å². The molecule has 3 fully saturated rings. The Morgan fingerprint density at radius 1 is 1.00 bits per heavy atom. The number of fused-ring (bicyclic) bond motifs is 1. The van der Waals surface area contributed by atoms with Gasteiger partial charge in [-0.1, -0.05) is 20.3 Å². The summed E-state index contributed by atoms with van der Waals surface area (Å²) in [4.78, 5) is 2.71. The quantitative estimate of drug-likeness (QED) is 0.715. The molecule has 2 heterocycles. The number of nitrogens with zero attached hydrogens (tertiary/aromatic N) is 1. The molecule has 0 spiro atoms. The second-order valence-corrected chi connectivity index (χ2v) is 5.63. The Morgan fingerprint density at radius 2 is 1.50 bits per heavy atom. The lowest BCUT2D eigenvalue weighted by molar-refractivity contribution is -0.0376. The maximum absolute atomic E-state index is 5.80. The van der Waals surface area contributed by atoms with Crippen molar-refractivity contribution in [2.45, 2.75) is 69.9 Å². The number of rotatable bonds is 2. The van der Waals surface area contributed by atoms with E-state index in [1.807, 2.05) is 7.11 Å². The molecule has 0 aromatic carbocycles. The predicted octanol–water partition coefficient (Wildman–Crippen LogP) is 3.21. The molecule has 0 atom stereocenters. The molecular weight excluding hydrogens is 198 g/mol. The van der Waals surface area contributed by atoms with Crippen LogP contribution in [0, 0.1) is 0 Å². The molecule has 2 saturated heterocycles. The van der Waals surface area contributed by atoms with Crippen molar-refractivity contribution < 1.29 is 4.74 Å². The van der Waals surface area contributed by atoms with Crippen LogP contribution in [-0.2, 0) is 4.74 Å². The summed E-state index contributed by atoms with van der Waals surface area (Å²) in [7, 11) is 1.91. The van der Waals surface area contributed by atoms with Crippen LogP contribution in [0.1, 0.15) is 58.8 Å². The van der Waals surface area contributed by atoms with Crippen molar-refractivity contribution in [3.8, 4) is 0 Å². The fraction of sp³-hybridized carbons (Fsp3) is 1.00. The highest BCUT2D eigenvalue weighted by atomic mass is 16.5. The van der Waals surface area contributed by atoms with Gasteiger partial charge in [-0.25, -0.2) is 0 Å². The summed E-state index contributed by atoms with van der Waals surface area (Å²) in [6, 6.07) is 0. The van der Waals surface area contributed by atoms with Crippen molar-refractivity contribution >= 4 is 0 Å². The van der Waals surface area contributed by atoms with Gasteiger partial charge in [0.2, 0.25) is 0 Å². The standard InChI is InChI=1S/C11H19NO.C3H8/c1-13-11(6-7-11)10-4-2-8-12(10)9-3-5-10;1-3-2/h2-9H2,1H3;3H2,1-2H3. The smallest absolute Gasteiger partial charge is 0.0863 e. The first-order valence-corrected chi connectivity index (χ1v) is 7.05. The number of methoxy groups -OCH3 is 1. The monoisotopic (exact) mass is 225 g/mol. The van der Waals surface area contributed by atoms with Gasteiger partial charge in [-0.2, -0.15) is 0 Å². The van der Waals surface area contributed by atoms with Gasteiger partial charge < -0.3 is 4.74 Å². The molecule has 94 valence electrons. The van der Waals surface area contributed by atoms with Crippen LogP contribution in [0.2, 0.25) is 0 Å². The topological polar surface area (TPSA) is 12.5 Å². The van der Waals surface area contributed by atoms with Crippen LogP contribution in [0.3, 0.4) is 0 Å². The first kappa shape index (κ1) is 12.4. The van der Waals surface area contributed by atoms with E-state index in [-0.39, 0.29) is 5.60 Å². The van der Waals surface area contributed by atoms with Crippen molar-refractivity contribution in [3.63, 3.8) is 0 Å². The van der Waals surface area contributed by atoms with Crippen LogP contribution in [0.15, 0.2) is 0 Å². The molecule has 2 heteroatoms. The Morgan fingerprint density at radius 3 is 1.88 bits per heavy atom. The van der Waals surface area contributed by atoms with Gasteiger partial charge in [0.05, 0.1) is 5.60 Å². The van der Waals surface area contributed by atoms with Crippen LogP contribution in [0.4, 0.5) is 0 Å². The van der Waals surface area contributed by atoms with E-state index >= 15 is 0 Å². The normalized spacial score (nSPS) is 29.4. The minimum absolute atomic E-state index is 0.278. The molecule has 2 nitrogen and oxygen atoms in total. The summed E-state index contributed by atoms with van der Waals surface area (Å²) in [6.45, 7) is 6.90. The zero-order chi connectivity index (χ0) is 11.6. The van der Waals surface area contributed by atoms with E-state index < -0.39 is 0 Å². The van der Waals surface area contributed by atoms with Crippen LogP contribution >= 0.6 is 0 Å². The zero-order valence-corrected chi connectivity index (χ0v) is 11.2. The fourth-order valence-electron chi connectivity index (χ4n) is 3.82. The zero-order valence-electron chi connectivity index (χ0n) is 11.2. The molecule has 1 saturated carbocycles. The van der Waals surface area contributed by atoms with Crippen molar-refractivity contribution in [1.29, 1.82) is 0 Å². The number of hydrogen-bond acceptors (Lipinski definition) is 2.